The average Bonchev–Trinajstić information content (AvgIpc) is 3.15. The van der Waals surface area contributed by atoms with Crippen molar-refractivity contribution < 1.29 is 4.74 Å². The van der Waals surface area contributed by atoms with E-state index < -0.39 is 0 Å². The molecule has 2 heterocycles. The second-order valence-electron chi connectivity index (χ2n) is 5.98. The third kappa shape index (κ3) is 3.85. The van der Waals surface area contributed by atoms with E-state index in [4.69, 9.17) is 4.74 Å². The maximum absolute atomic E-state index is 5.83. The number of nitrogens with one attached hydrogen (secondary N) is 1. The fraction of sp³-hybridized carbons (Fsp3) is 0.556. The molecule has 1 aromatic heterocycles. The summed E-state index contributed by atoms with van der Waals surface area (Å²) in [6.45, 7) is 4.28. The van der Waals surface area contributed by atoms with Gasteiger partial charge in [0, 0.05) is 17.3 Å². The Morgan fingerprint density at radius 3 is 3.10 bits per heavy atom. The van der Waals surface area contributed by atoms with E-state index in [2.05, 4.69) is 41.9 Å². The van der Waals surface area contributed by atoms with Gasteiger partial charge in [0.15, 0.2) is 0 Å². The summed E-state index contributed by atoms with van der Waals surface area (Å²) in [6, 6.07) is 9.28. The Kier molecular flexibility index (Phi) is 5.28. The number of hydrogen-bond donors (Lipinski definition) is 1. The molecule has 114 valence electrons. The van der Waals surface area contributed by atoms with Crippen molar-refractivity contribution in [2.75, 3.05) is 13.2 Å². The van der Waals surface area contributed by atoms with E-state index in [-0.39, 0.29) is 0 Å². The van der Waals surface area contributed by atoms with Crippen molar-refractivity contribution in [3.8, 4) is 0 Å². The van der Waals surface area contributed by atoms with Crippen molar-refractivity contribution in [1.82, 2.24) is 5.32 Å². The minimum absolute atomic E-state index is 0.462. The summed E-state index contributed by atoms with van der Waals surface area (Å²) in [7, 11) is 0. The van der Waals surface area contributed by atoms with Crippen LogP contribution in [-0.2, 0) is 11.2 Å². The lowest BCUT2D eigenvalue weighted by molar-refractivity contribution is 0.0946. The van der Waals surface area contributed by atoms with Crippen LogP contribution in [0.4, 0.5) is 0 Å². The molecule has 1 N–H and O–H groups in total. The number of benzene rings is 1. The van der Waals surface area contributed by atoms with Crippen LogP contribution >= 0.6 is 11.3 Å². The van der Waals surface area contributed by atoms with Gasteiger partial charge in [-0.2, -0.15) is 0 Å². The van der Waals surface area contributed by atoms with Gasteiger partial charge in [0.1, 0.15) is 0 Å². The summed E-state index contributed by atoms with van der Waals surface area (Å²) in [5.41, 5.74) is 1.49. The smallest absolute Gasteiger partial charge is 0.0590 e. The van der Waals surface area contributed by atoms with Gasteiger partial charge < -0.3 is 10.1 Å². The van der Waals surface area contributed by atoms with Gasteiger partial charge in [0.25, 0.3) is 0 Å². The lowest BCUT2D eigenvalue weighted by Crippen LogP contribution is -2.35. The summed E-state index contributed by atoms with van der Waals surface area (Å²) in [4.78, 5) is 0. The zero-order valence-corrected chi connectivity index (χ0v) is 13.6. The number of thiophene rings is 1. The van der Waals surface area contributed by atoms with Crippen molar-refractivity contribution >= 4 is 21.4 Å². The van der Waals surface area contributed by atoms with Gasteiger partial charge in [-0.05, 0) is 61.0 Å². The molecule has 0 spiro atoms. The maximum atomic E-state index is 5.83. The third-order valence-electron chi connectivity index (χ3n) is 4.28. The molecule has 1 aliphatic rings. The molecule has 21 heavy (non-hydrogen) atoms. The highest BCUT2D eigenvalue weighted by Gasteiger charge is 2.21. The predicted molar refractivity (Wildman–Crippen MR) is 91.2 cm³/mol. The molecule has 0 aliphatic carbocycles. The molecule has 3 rings (SSSR count). The monoisotopic (exact) mass is 303 g/mol. The molecule has 3 heteroatoms. The van der Waals surface area contributed by atoms with Gasteiger partial charge in [-0.1, -0.05) is 25.1 Å². The van der Waals surface area contributed by atoms with Gasteiger partial charge in [-0.25, -0.2) is 0 Å². The second kappa shape index (κ2) is 7.39. The molecule has 1 aromatic carbocycles. The number of fused-ring (bicyclic) bond motifs is 1. The van der Waals surface area contributed by atoms with Crippen LogP contribution in [0, 0.1) is 0 Å². The zero-order valence-electron chi connectivity index (χ0n) is 12.8. The van der Waals surface area contributed by atoms with Crippen molar-refractivity contribution in [3.05, 3.63) is 35.2 Å². The van der Waals surface area contributed by atoms with Crippen LogP contribution in [-0.4, -0.2) is 25.3 Å². The van der Waals surface area contributed by atoms with Crippen LogP contribution in [0.3, 0.4) is 0 Å². The minimum atomic E-state index is 0.462. The Balaban J connectivity index is 1.70. The van der Waals surface area contributed by atoms with Gasteiger partial charge in [0.05, 0.1) is 6.10 Å². The quantitative estimate of drug-likeness (QED) is 0.819. The first-order valence-corrected chi connectivity index (χ1v) is 9.05. The molecule has 1 aliphatic heterocycles. The lowest BCUT2D eigenvalue weighted by Gasteiger charge is -2.21. The normalized spacial score (nSPS) is 20.1. The van der Waals surface area contributed by atoms with Crippen LogP contribution in [0.5, 0.6) is 0 Å². The Morgan fingerprint density at radius 1 is 1.38 bits per heavy atom. The van der Waals surface area contributed by atoms with E-state index in [1.54, 1.807) is 0 Å². The molecular weight excluding hydrogens is 278 g/mol. The standard InChI is InChI=1S/C18H25NOS/c1-2-9-19-15(12-16-6-5-10-20-16)11-14-13-21-18-8-4-3-7-17(14)18/h3-4,7-8,13,15-16,19H,2,5-6,9-12H2,1H3. The van der Waals surface area contributed by atoms with Crippen molar-refractivity contribution in [2.24, 2.45) is 0 Å². The number of hydrogen-bond acceptors (Lipinski definition) is 3. The fourth-order valence-electron chi connectivity index (χ4n) is 3.19. The Hall–Kier alpha value is -0.900. The lowest BCUT2D eigenvalue weighted by atomic mass is 9.99. The SMILES string of the molecule is CCCNC(Cc1csc2ccccc12)CC1CCCO1. The molecule has 0 radical (unpaired) electrons. The minimum Gasteiger partial charge on any atom is -0.378 e. The second-order valence-corrected chi connectivity index (χ2v) is 6.89. The van der Waals surface area contributed by atoms with Gasteiger partial charge in [-0.3, -0.25) is 0 Å². The molecule has 2 unspecified atom stereocenters. The summed E-state index contributed by atoms with van der Waals surface area (Å²) in [5, 5.41) is 7.49. The average molecular weight is 303 g/mol. The van der Waals surface area contributed by atoms with Crippen LogP contribution in [0.1, 0.15) is 38.2 Å². The van der Waals surface area contributed by atoms with Gasteiger partial charge in [-0.15, -0.1) is 11.3 Å². The highest BCUT2D eigenvalue weighted by atomic mass is 32.1. The van der Waals surface area contributed by atoms with E-state index >= 15 is 0 Å². The molecule has 1 saturated heterocycles. The molecule has 2 aromatic rings. The van der Waals surface area contributed by atoms with E-state index in [1.165, 1.54) is 34.9 Å². The molecule has 0 saturated carbocycles. The van der Waals surface area contributed by atoms with Crippen LogP contribution < -0.4 is 5.32 Å². The highest BCUT2D eigenvalue weighted by Crippen LogP contribution is 2.28. The molecule has 1 fully saturated rings. The topological polar surface area (TPSA) is 21.3 Å². The molecule has 0 bridgehead atoms. The third-order valence-corrected chi connectivity index (χ3v) is 5.29. The van der Waals surface area contributed by atoms with E-state index in [9.17, 15) is 0 Å². The van der Waals surface area contributed by atoms with Crippen LogP contribution in [0.2, 0.25) is 0 Å². The largest absolute Gasteiger partial charge is 0.378 e. The molecular formula is C18H25NOS. The highest BCUT2D eigenvalue weighted by molar-refractivity contribution is 7.17. The maximum Gasteiger partial charge on any atom is 0.0590 e. The van der Waals surface area contributed by atoms with Crippen molar-refractivity contribution in [2.45, 2.75) is 51.2 Å². The fourth-order valence-corrected chi connectivity index (χ4v) is 4.17. The van der Waals surface area contributed by atoms with Gasteiger partial charge >= 0.3 is 0 Å². The summed E-state index contributed by atoms with van der Waals surface area (Å²) in [5.74, 6) is 0. The Labute approximate surface area is 131 Å². The first kappa shape index (κ1) is 15.0. The molecule has 2 nitrogen and oxygen atoms in total. The predicted octanol–water partition coefficient (Wildman–Crippen LogP) is 4.38. The number of ether oxygens (including phenoxy) is 1. The number of rotatable bonds is 7. The van der Waals surface area contributed by atoms with Crippen LogP contribution in [0.15, 0.2) is 29.6 Å². The summed E-state index contributed by atoms with van der Waals surface area (Å²) < 4.78 is 7.23. The van der Waals surface area contributed by atoms with Crippen LogP contribution in [0.25, 0.3) is 10.1 Å². The van der Waals surface area contributed by atoms with Crippen molar-refractivity contribution in [1.29, 1.82) is 0 Å². The van der Waals surface area contributed by atoms with E-state index in [0.29, 0.717) is 12.1 Å². The summed E-state index contributed by atoms with van der Waals surface area (Å²) in [6.07, 6.45) is 6.37. The zero-order chi connectivity index (χ0) is 14.5. The Bertz CT molecular complexity index is 559. The first-order chi connectivity index (χ1) is 10.4. The van der Waals surface area contributed by atoms with Gasteiger partial charge in [0.2, 0.25) is 0 Å². The van der Waals surface area contributed by atoms with Crippen molar-refractivity contribution in [3.63, 3.8) is 0 Å². The van der Waals surface area contributed by atoms with E-state index in [0.717, 1.165) is 26.0 Å². The van der Waals surface area contributed by atoms with E-state index in [1.807, 2.05) is 11.3 Å². The summed E-state index contributed by atoms with van der Waals surface area (Å²) >= 11 is 1.86. The molecule has 0 amide bonds. The Morgan fingerprint density at radius 2 is 2.29 bits per heavy atom. The molecule has 2 atom stereocenters. The first-order valence-electron chi connectivity index (χ1n) is 8.17.